The molecule has 0 unspecified atom stereocenters. The number of rotatable bonds is 8. The number of aryl methyl sites for hydroxylation is 1. The molecule has 0 bridgehead atoms. The van der Waals surface area contributed by atoms with Gasteiger partial charge in [-0.25, -0.2) is 0 Å². The molecule has 0 saturated carbocycles. The van der Waals surface area contributed by atoms with E-state index in [0.29, 0.717) is 6.61 Å². The van der Waals surface area contributed by atoms with E-state index in [0.717, 1.165) is 17.9 Å². The molecule has 2 aliphatic heterocycles. The van der Waals surface area contributed by atoms with Crippen LogP contribution in [0.1, 0.15) is 26.3 Å². The van der Waals surface area contributed by atoms with E-state index >= 15 is 0 Å². The van der Waals surface area contributed by atoms with Crippen LogP contribution < -0.4 is 31.4 Å². The van der Waals surface area contributed by atoms with Crippen LogP contribution in [0.15, 0.2) is 140 Å². The molecule has 0 aliphatic carbocycles. The van der Waals surface area contributed by atoms with Gasteiger partial charge in [-0.1, -0.05) is 136 Å². The van der Waals surface area contributed by atoms with Crippen molar-refractivity contribution in [1.29, 1.82) is 0 Å². The van der Waals surface area contributed by atoms with E-state index in [2.05, 4.69) is 201 Å². The van der Waals surface area contributed by atoms with Crippen molar-refractivity contribution < 1.29 is 4.43 Å². The Morgan fingerprint density at radius 1 is 0.582 bits per heavy atom. The molecular weight excluding hydrogens is 686 g/mol. The first kappa shape index (κ1) is 35.3. The van der Waals surface area contributed by atoms with Gasteiger partial charge in [0.25, 0.3) is 0 Å². The van der Waals surface area contributed by atoms with E-state index < -0.39 is 8.32 Å². The molecule has 0 fully saturated rings. The van der Waals surface area contributed by atoms with E-state index in [4.69, 9.17) is 4.43 Å². The number of benzene rings is 7. The fourth-order valence-electron chi connectivity index (χ4n) is 8.02. The van der Waals surface area contributed by atoms with Crippen molar-refractivity contribution in [3.63, 3.8) is 0 Å². The lowest BCUT2D eigenvalue weighted by Gasteiger charge is -2.40. The first-order chi connectivity index (χ1) is 26.5. The van der Waals surface area contributed by atoms with Crippen LogP contribution in [-0.2, 0) is 4.43 Å². The lowest BCUT2D eigenvalue weighted by Crippen LogP contribution is -2.57. The maximum Gasteiger partial charge on any atom is 0.408 e. The maximum absolute atomic E-state index is 6.75. The van der Waals surface area contributed by atoms with Crippen molar-refractivity contribution in [3.8, 4) is 22.3 Å². The van der Waals surface area contributed by atoms with Crippen molar-refractivity contribution in [2.24, 2.45) is 0 Å². The number of anilines is 4. The second kappa shape index (κ2) is 13.7. The molecule has 8 heteroatoms. The molecule has 0 saturated heterocycles. The number of nitrogens with one attached hydrogen (secondary N) is 3. The Balaban J connectivity index is 1.07. The quantitative estimate of drug-likeness (QED) is 0.136. The molecule has 272 valence electrons. The van der Waals surface area contributed by atoms with E-state index in [1.807, 2.05) is 0 Å². The van der Waals surface area contributed by atoms with Crippen molar-refractivity contribution in [1.82, 2.24) is 0 Å². The minimum Gasteiger partial charge on any atom is -0.415 e. The highest BCUT2D eigenvalue weighted by Gasteiger charge is 2.38. The first-order valence-corrected chi connectivity index (χ1v) is 22.5. The molecule has 0 spiro atoms. The smallest absolute Gasteiger partial charge is 0.408 e. The molecule has 0 atom stereocenters. The summed E-state index contributed by atoms with van der Waals surface area (Å²) >= 11 is 0. The second-order valence-electron chi connectivity index (χ2n) is 16.8. The molecule has 5 nitrogen and oxygen atoms in total. The molecule has 0 aromatic heterocycles. The van der Waals surface area contributed by atoms with Gasteiger partial charge in [0, 0.05) is 40.1 Å². The predicted octanol–water partition coefficient (Wildman–Crippen LogP) is 10.5. The molecule has 0 radical (unpaired) electrons. The van der Waals surface area contributed by atoms with Crippen LogP contribution in [0.5, 0.6) is 0 Å². The molecule has 55 heavy (non-hydrogen) atoms. The van der Waals surface area contributed by atoms with Gasteiger partial charge in [0.15, 0.2) is 8.32 Å². The van der Waals surface area contributed by atoms with Gasteiger partial charge in [0.2, 0.25) is 0 Å². The Morgan fingerprint density at radius 2 is 1.11 bits per heavy atom. The zero-order valence-electron chi connectivity index (χ0n) is 32.7. The Labute approximate surface area is 327 Å². The van der Waals surface area contributed by atoms with E-state index in [-0.39, 0.29) is 19.0 Å². The SMILES string of the molecule is Cc1ccc(-c2cc(B3Nc4cccc5cccc(c45)N3)cc(-c3ccc(B4Nc5cccc6cccc(c56)N4CCO[Si](C)(C)C(C)(C)C)cc3)c2)cc1. The second-order valence-corrected chi connectivity index (χ2v) is 21.6. The average Bonchev–Trinajstić information content (AvgIpc) is 3.18. The lowest BCUT2D eigenvalue weighted by molar-refractivity contribution is 0.298. The minimum atomic E-state index is -1.90. The van der Waals surface area contributed by atoms with Crippen molar-refractivity contribution in [2.75, 3.05) is 33.6 Å². The highest BCUT2D eigenvalue weighted by atomic mass is 28.4. The predicted molar refractivity (Wildman–Crippen MR) is 242 cm³/mol. The summed E-state index contributed by atoms with van der Waals surface area (Å²) in [4.78, 5) is 2.51. The van der Waals surface area contributed by atoms with Crippen molar-refractivity contribution >= 4 is 77.5 Å². The molecular formula is C47H48B2N4OSi. The molecule has 2 heterocycles. The zero-order valence-corrected chi connectivity index (χ0v) is 33.7. The van der Waals surface area contributed by atoms with Crippen LogP contribution in [0, 0.1) is 6.92 Å². The highest BCUT2D eigenvalue weighted by Crippen LogP contribution is 2.39. The van der Waals surface area contributed by atoms with Gasteiger partial charge in [-0.05, 0) is 99.3 Å². The highest BCUT2D eigenvalue weighted by molar-refractivity contribution is 6.81. The largest absolute Gasteiger partial charge is 0.415 e. The summed E-state index contributed by atoms with van der Waals surface area (Å²) in [6.45, 7) is 15.1. The van der Waals surface area contributed by atoms with E-state index in [1.165, 1.54) is 71.7 Å². The minimum absolute atomic E-state index is 0.0366. The summed E-state index contributed by atoms with van der Waals surface area (Å²) < 4.78 is 6.75. The molecule has 0 amide bonds. The van der Waals surface area contributed by atoms with Gasteiger partial charge in [-0.15, -0.1) is 0 Å². The van der Waals surface area contributed by atoms with Crippen molar-refractivity contribution in [2.45, 2.75) is 45.8 Å². The summed E-state index contributed by atoms with van der Waals surface area (Å²) in [7, 11) is -1.90. The molecule has 7 aromatic carbocycles. The van der Waals surface area contributed by atoms with Gasteiger partial charge in [0.05, 0.1) is 6.61 Å². The van der Waals surface area contributed by atoms with Crippen LogP contribution in [0.25, 0.3) is 43.8 Å². The summed E-state index contributed by atoms with van der Waals surface area (Å²) in [5, 5.41) is 16.7. The number of hydrogen-bond acceptors (Lipinski definition) is 5. The third kappa shape index (κ3) is 6.57. The van der Waals surface area contributed by atoms with Crippen molar-refractivity contribution in [3.05, 3.63) is 145 Å². The van der Waals surface area contributed by atoms with Gasteiger partial charge in [-0.2, -0.15) is 0 Å². The zero-order chi connectivity index (χ0) is 37.9. The number of hydrogen-bond donors (Lipinski definition) is 3. The third-order valence-corrected chi connectivity index (χ3v) is 16.7. The molecule has 7 aromatic rings. The van der Waals surface area contributed by atoms with E-state index in [1.54, 1.807) is 0 Å². The van der Waals surface area contributed by atoms with Gasteiger partial charge >= 0.3 is 14.0 Å². The lowest BCUT2D eigenvalue weighted by atomic mass is 9.63. The molecule has 3 N–H and O–H groups in total. The number of nitrogens with zero attached hydrogens (tertiary/aromatic N) is 1. The average molecular weight is 735 g/mol. The Hall–Kier alpha value is -5.43. The van der Waals surface area contributed by atoms with Gasteiger partial charge in [-0.3, -0.25) is 0 Å². The topological polar surface area (TPSA) is 48.6 Å². The van der Waals surface area contributed by atoms with Crippen LogP contribution in [-0.4, -0.2) is 35.4 Å². The maximum atomic E-state index is 6.75. The van der Waals surface area contributed by atoms with Gasteiger partial charge in [0.1, 0.15) is 0 Å². The third-order valence-electron chi connectivity index (χ3n) is 12.1. The Morgan fingerprint density at radius 3 is 1.69 bits per heavy atom. The van der Waals surface area contributed by atoms with Gasteiger partial charge < -0.3 is 24.9 Å². The fraction of sp³-hybridized carbons (Fsp3) is 0.191. The Bertz CT molecular complexity index is 2500. The van der Waals surface area contributed by atoms with Crippen LogP contribution in [0.4, 0.5) is 22.7 Å². The van der Waals surface area contributed by atoms with Crippen LogP contribution >= 0.6 is 0 Å². The van der Waals surface area contributed by atoms with Crippen LogP contribution in [0.3, 0.4) is 0 Å². The first-order valence-electron chi connectivity index (χ1n) is 19.6. The molecule has 9 rings (SSSR count). The Kier molecular flexibility index (Phi) is 8.79. The van der Waals surface area contributed by atoms with E-state index in [9.17, 15) is 0 Å². The normalized spacial score (nSPS) is 13.8. The summed E-state index contributed by atoms with van der Waals surface area (Å²) in [5.41, 5.74) is 13.2. The van der Waals surface area contributed by atoms with Crippen LogP contribution in [0.2, 0.25) is 18.1 Å². The summed E-state index contributed by atoms with van der Waals surface area (Å²) in [6, 6.07) is 51.3. The monoisotopic (exact) mass is 734 g/mol. The standard InChI is InChI=1S/C47H48B2N4OSi/c1-32-19-21-33(22-20-32)37-29-38(31-40(30-37)48-50-41-15-7-11-35-12-8-16-42(51-48)45(35)41)34-23-25-39(26-24-34)49-52-43-17-9-13-36-14-10-18-44(46(36)43)53(49)27-28-54-55(5,6)47(2,3)4/h7-26,29-31,50-52H,27-28H2,1-6H3. The molecule has 2 aliphatic rings. The summed E-state index contributed by atoms with van der Waals surface area (Å²) in [6.07, 6.45) is 0. The fourth-order valence-corrected chi connectivity index (χ4v) is 9.06. The summed E-state index contributed by atoms with van der Waals surface area (Å²) in [5.74, 6) is 0.